The fourth-order valence-electron chi connectivity index (χ4n) is 3.69. The van der Waals surface area contributed by atoms with E-state index in [1.54, 1.807) is 0 Å². The van der Waals surface area contributed by atoms with Gasteiger partial charge in [0.15, 0.2) is 5.78 Å². The van der Waals surface area contributed by atoms with Gasteiger partial charge in [-0.25, -0.2) is 4.68 Å². The Labute approximate surface area is 141 Å². The Balaban J connectivity index is 1.82. The van der Waals surface area contributed by atoms with Gasteiger partial charge in [0.1, 0.15) is 0 Å². The predicted octanol–water partition coefficient (Wildman–Crippen LogP) is 4.40. The van der Waals surface area contributed by atoms with Crippen molar-refractivity contribution in [2.24, 2.45) is 0 Å². The topological polar surface area (TPSA) is 34.9 Å². The minimum atomic E-state index is 0.210. The van der Waals surface area contributed by atoms with Gasteiger partial charge in [-0.2, -0.15) is 5.10 Å². The Morgan fingerprint density at radius 3 is 2.54 bits per heavy atom. The van der Waals surface area contributed by atoms with E-state index in [9.17, 15) is 4.79 Å². The number of benzene rings is 2. The van der Waals surface area contributed by atoms with Crippen molar-refractivity contribution in [3.05, 3.63) is 82.7 Å². The number of ketones is 1. The lowest BCUT2D eigenvalue weighted by atomic mass is 9.81. The Morgan fingerprint density at radius 2 is 1.79 bits per heavy atom. The van der Waals surface area contributed by atoms with Crippen molar-refractivity contribution in [1.82, 2.24) is 9.78 Å². The van der Waals surface area contributed by atoms with Crippen molar-refractivity contribution in [3.8, 4) is 5.69 Å². The maximum absolute atomic E-state index is 12.7. The zero-order valence-corrected chi connectivity index (χ0v) is 14.0. The first-order valence-corrected chi connectivity index (χ1v) is 8.37. The quantitative estimate of drug-likeness (QED) is 0.702. The van der Waals surface area contributed by atoms with E-state index in [1.807, 2.05) is 35.9 Å². The van der Waals surface area contributed by atoms with E-state index in [0.717, 1.165) is 29.1 Å². The third-order valence-corrected chi connectivity index (χ3v) is 4.82. The second-order valence-corrected chi connectivity index (χ2v) is 6.60. The molecule has 0 fully saturated rings. The van der Waals surface area contributed by atoms with Gasteiger partial charge in [-0.1, -0.05) is 42.5 Å². The van der Waals surface area contributed by atoms with Crippen LogP contribution in [0.2, 0.25) is 0 Å². The summed E-state index contributed by atoms with van der Waals surface area (Å²) in [6.45, 7) is 4.01. The molecule has 0 spiro atoms. The molecule has 1 aliphatic rings. The lowest BCUT2D eigenvalue weighted by Crippen LogP contribution is -2.20. The fourth-order valence-corrected chi connectivity index (χ4v) is 3.69. The molecule has 3 heteroatoms. The highest BCUT2D eigenvalue weighted by Crippen LogP contribution is 2.35. The van der Waals surface area contributed by atoms with Crippen LogP contribution in [-0.2, 0) is 6.42 Å². The number of aromatic nitrogens is 2. The molecule has 3 aromatic rings. The molecule has 1 heterocycles. The molecular formula is C21H20N2O. The van der Waals surface area contributed by atoms with Crippen molar-refractivity contribution in [2.75, 3.05) is 0 Å². The van der Waals surface area contributed by atoms with Gasteiger partial charge in [-0.15, -0.1) is 0 Å². The molecule has 0 N–H and O–H groups in total. The molecule has 1 atom stereocenters. The summed E-state index contributed by atoms with van der Waals surface area (Å²) in [4.78, 5) is 12.7. The molecule has 0 saturated heterocycles. The summed E-state index contributed by atoms with van der Waals surface area (Å²) in [6.07, 6.45) is 1.41. The van der Waals surface area contributed by atoms with Crippen LogP contribution in [0, 0.1) is 13.8 Å². The van der Waals surface area contributed by atoms with Crippen LogP contribution in [-0.4, -0.2) is 15.6 Å². The summed E-state index contributed by atoms with van der Waals surface area (Å²) < 4.78 is 1.96. The van der Waals surface area contributed by atoms with Crippen molar-refractivity contribution in [2.45, 2.75) is 32.6 Å². The predicted molar refractivity (Wildman–Crippen MR) is 94.9 cm³/mol. The molecule has 4 rings (SSSR count). The lowest BCUT2D eigenvalue weighted by Gasteiger charge is -2.23. The number of rotatable bonds is 2. The minimum Gasteiger partial charge on any atom is -0.294 e. The molecule has 2 aromatic carbocycles. The molecule has 24 heavy (non-hydrogen) atoms. The molecule has 0 saturated carbocycles. The van der Waals surface area contributed by atoms with Crippen LogP contribution >= 0.6 is 0 Å². The van der Waals surface area contributed by atoms with E-state index >= 15 is 0 Å². The summed E-state index contributed by atoms with van der Waals surface area (Å²) >= 11 is 0. The SMILES string of the molecule is Cc1cccc(-n2nc(C)c3c2CC(c2ccccc2)CC3=O)c1. The standard InChI is InChI=1S/C21H20N2O/c1-14-7-6-10-18(11-14)23-19-12-17(16-8-4-3-5-9-16)13-20(24)21(19)15(2)22-23/h3-11,17H,12-13H2,1-2H3. The van der Waals surface area contributed by atoms with E-state index in [2.05, 4.69) is 42.4 Å². The number of hydrogen-bond donors (Lipinski definition) is 0. The van der Waals surface area contributed by atoms with Gasteiger partial charge in [-0.05, 0) is 49.4 Å². The fraction of sp³-hybridized carbons (Fsp3) is 0.238. The van der Waals surface area contributed by atoms with Crippen LogP contribution in [0.4, 0.5) is 0 Å². The Bertz CT molecular complexity index is 909. The maximum atomic E-state index is 12.7. The van der Waals surface area contributed by atoms with Gasteiger partial charge in [-0.3, -0.25) is 4.79 Å². The maximum Gasteiger partial charge on any atom is 0.167 e. The first-order valence-electron chi connectivity index (χ1n) is 8.37. The van der Waals surface area contributed by atoms with Gasteiger partial charge in [0.25, 0.3) is 0 Å². The van der Waals surface area contributed by atoms with E-state index in [1.165, 1.54) is 11.1 Å². The average Bonchev–Trinajstić information content (AvgIpc) is 2.93. The first-order chi connectivity index (χ1) is 11.6. The number of carbonyl (C=O) groups excluding carboxylic acids is 1. The highest BCUT2D eigenvalue weighted by atomic mass is 16.1. The van der Waals surface area contributed by atoms with E-state index in [-0.39, 0.29) is 11.7 Å². The van der Waals surface area contributed by atoms with Crippen LogP contribution in [0.15, 0.2) is 54.6 Å². The smallest absolute Gasteiger partial charge is 0.167 e. The Hall–Kier alpha value is -2.68. The van der Waals surface area contributed by atoms with E-state index < -0.39 is 0 Å². The first kappa shape index (κ1) is 14.9. The molecular weight excluding hydrogens is 296 g/mol. The molecule has 0 amide bonds. The van der Waals surface area contributed by atoms with Gasteiger partial charge in [0, 0.05) is 6.42 Å². The highest BCUT2D eigenvalue weighted by molar-refractivity contribution is 6.00. The monoisotopic (exact) mass is 316 g/mol. The van der Waals surface area contributed by atoms with Crippen LogP contribution in [0.5, 0.6) is 0 Å². The van der Waals surface area contributed by atoms with Crippen molar-refractivity contribution in [3.63, 3.8) is 0 Å². The summed E-state index contributed by atoms with van der Waals surface area (Å²) in [5.74, 6) is 0.437. The van der Waals surface area contributed by atoms with Crippen LogP contribution < -0.4 is 0 Å². The lowest BCUT2D eigenvalue weighted by molar-refractivity contribution is 0.0963. The van der Waals surface area contributed by atoms with E-state index in [0.29, 0.717) is 6.42 Å². The molecule has 1 aliphatic carbocycles. The van der Waals surface area contributed by atoms with Gasteiger partial charge in [0.05, 0.1) is 22.6 Å². The van der Waals surface area contributed by atoms with Gasteiger partial charge in [0.2, 0.25) is 0 Å². The Morgan fingerprint density at radius 1 is 1.00 bits per heavy atom. The van der Waals surface area contributed by atoms with Crippen LogP contribution in [0.25, 0.3) is 5.69 Å². The number of Topliss-reactive ketones (excluding diaryl/α,β-unsaturated/α-hetero) is 1. The zero-order valence-electron chi connectivity index (χ0n) is 14.0. The second kappa shape index (κ2) is 5.75. The normalized spacial score (nSPS) is 16.9. The largest absolute Gasteiger partial charge is 0.294 e. The summed E-state index contributed by atoms with van der Waals surface area (Å²) in [7, 11) is 0. The van der Waals surface area contributed by atoms with E-state index in [4.69, 9.17) is 0 Å². The third-order valence-electron chi connectivity index (χ3n) is 4.82. The Kier molecular flexibility index (Phi) is 3.57. The number of hydrogen-bond acceptors (Lipinski definition) is 2. The van der Waals surface area contributed by atoms with Crippen molar-refractivity contribution >= 4 is 5.78 Å². The third kappa shape index (κ3) is 2.46. The molecule has 3 nitrogen and oxygen atoms in total. The number of fused-ring (bicyclic) bond motifs is 1. The molecule has 1 aromatic heterocycles. The van der Waals surface area contributed by atoms with Crippen LogP contribution in [0.3, 0.4) is 0 Å². The molecule has 120 valence electrons. The summed E-state index contributed by atoms with van der Waals surface area (Å²) in [5, 5.41) is 4.68. The van der Waals surface area contributed by atoms with Crippen molar-refractivity contribution < 1.29 is 4.79 Å². The van der Waals surface area contributed by atoms with Crippen LogP contribution in [0.1, 0.15) is 45.2 Å². The molecule has 0 bridgehead atoms. The second-order valence-electron chi connectivity index (χ2n) is 6.60. The van der Waals surface area contributed by atoms with Gasteiger partial charge >= 0.3 is 0 Å². The molecule has 1 unspecified atom stereocenters. The number of carbonyl (C=O) groups is 1. The molecule has 0 aliphatic heterocycles. The summed E-state index contributed by atoms with van der Waals surface area (Å²) in [5.41, 5.74) is 6.15. The van der Waals surface area contributed by atoms with Crippen molar-refractivity contribution in [1.29, 1.82) is 0 Å². The number of nitrogens with zero attached hydrogens (tertiary/aromatic N) is 2. The average molecular weight is 316 g/mol. The number of aryl methyl sites for hydroxylation is 2. The zero-order chi connectivity index (χ0) is 16.7. The van der Waals surface area contributed by atoms with Gasteiger partial charge < -0.3 is 0 Å². The summed E-state index contributed by atoms with van der Waals surface area (Å²) in [6, 6.07) is 18.6. The molecule has 0 radical (unpaired) electrons. The highest BCUT2D eigenvalue weighted by Gasteiger charge is 2.31. The minimum absolute atomic E-state index is 0.210.